The van der Waals surface area contributed by atoms with Gasteiger partial charge < -0.3 is 5.32 Å². The lowest BCUT2D eigenvalue weighted by molar-refractivity contribution is -0.110. The van der Waals surface area contributed by atoms with Crippen LogP contribution in [0.4, 0.5) is 11.4 Å². The lowest BCUT2D eigenvalue weighted by atomic mass is 10.1. The Labute approximate surface area is 126 Å². The topological polar surface area (TPSA) is 75.3 Å². The molecule has 0 saturated heterocycles. The van der Waals surface area contributed by atoms with Crippen molar-refractivity contribution in [2.45, 2.75) is 0 Å². The van der Waals surface area contributed by atoms with Gasteiger partial charge in [0.05, 0.1) is 11.8 Å². The lowest BCUT2D eigenvalue weighted by Gasteiger charge is -2.06. The molecule has 1 aromatic heterocycles. The highest BCUT2D eigenvalue weighted by Crippen LogP contribution is 2.35. The van der Waals surface area contributed by atoms with Crippen LogP contribution in [0.1, 0.15) is 10.4 Å². The van der Waals surface area contributed by atoms with Crippen LogP contribution in [0.25, 0.3) is 11.6 Å². The molecule has 0 bridgehead atoms. The van der Waals surface area contributed by atoms with E-state index in [1.54, 1.807) is 24.3 Å². The van der Waals surface area contributed by atoms with Crippen LogP contribution in [0.15, 0.2) is 35.7 Å². The Kier molecular flexibility index (Phi) is 3.30. The van der Waals surface area contributed by atoms with E-state index in [4.69, 9.17) is 0 Å². The Morgan fingerprint density at radius 1 is 1.29 bits per heavy atom. The van der Waals surface area contributed by atoms with E-state index >= 15 is 0 Å². The number of thiophene rings is 1. The number of anilines is 2. The highest BCUT2D eigenvalue weighted by molar-refractivity contribution is 7.92. The van der Waals surface area contributed by atoms with Crippen LogP contribution in [0.2, 0.25) is 0 Å². The van der Waals surface area contributed by atoms with Crippen LogP contribution < -0.4 is 10.0 Å². The molecule has 21 heavy (non-hydrogen) atoms. The van der Waals surface area contributed by atoms with E-state index < -0.39 is 10.0 Å². The number of carbonyl (C=O) groups is 1. The largest absolute Gasteiger partial charge is 0.321 e. The lowest BCUT2D eigenvalue weighted by Crippen LogP contribution is -2.09. The van der Waals surface area contributed by atoms with Gasteiger partial charge in [0, 0.05) is 21.8 Å². The number of fused-ring (bicyclic) bond motifs is 1. The molecule has 2 aromatic rings. The van der Waals surface area contributed by atoms with Crippen LogP contribution in [0.3, 0.4) is 0 Å². The van der Waals surface area contributed by atoms with Crippen molar-refractivity contribution in [3.05, 3.63) is 46.2 Å². The fourth-order valence-corrected chi connectivity index (χ4v) is 3.34. The first-order chi connectivity index (χ1) is 9.92. The fourth-order valence-electron chi connectivity index (χ4n) is 2.12. The van der Waals surface area contributed by atoms with Crippen molar-refractivity contribution in [2.75, 3.05) is 16.3 Å². The monoisotopic (exact) mass is 320 g/mol. The van der Waals surface area contributed by atoms with Crippen molar-refractivity contribution < 1.29 is 13.2 Å². The molecular formula is C14H12N2O3S2. The Morgan fingerprint density at radius 2 is 2.10 bits per heavy atom. The molecule has 0 aliphatic carbocycles. The molecule has 1 aliphatic heterocycles. The van der Waals surface area contributed by atoms with Gasteiger partial charge in [-0.25, -0.2) is 8.42 Å². The predicted molar refractivity (Wildman–Crippen MR) is 85.7 cm³/mol. The van der Waals surface area contributed by atoms with Gasteiger partial charge in [0.1, 0.15) is 0 Å². The van der Waals surface area contributed by atoms with Gasteiger partial charge in [-0.2, -0.15) is 0 Å². The van der Waals surface area contributed by atoms with Gasteiger partial charge in [-0.15, -0.1) is 11.3 Å². The normalized spacial score (nSPS) is 15.9. The maximum absolute atomic E-state index is 12.0. The number of sulfonamides is 1. The maximum atomic E-state index is 12.0. The summed E-state index contributed by atoms with van der Waals surface area (Å²) in [5.74, 6) is -0.185. The van der Waals surface area contributed by atoms with Crippen LogP contribution in [-0.2, 0) is 14.8 Å². The molecule has 0 fully saturated rings. The summed E-state index contributed by atoms with van der Waals surface area (Å²) in [5.41, 5.74) is 2.35. The molecular weight excluding hydrogens is 308 g/mol. The summed E-state index contributed by atoms with van der Waals surface area (Å²) >= 11 is 1.53. The number of nitrogens with one attached hydrogen (secondary N) is 2. The number of hydrogen-bond donors (Lipinski definition) is 2. The zero-order chi connectivity index (χ0) is 15.0. The summed E-state index contributed by atoms with van der Waals surface area (Å²) in [6.07, 6.45) is 2.89. The zero-order valence-corrected chi connectivity index (χ0v) is 12.7. The van der Waals surface area contributed by atoms with Crippen molar-refractivity contribution in [1.29, 1.82) is 0 Å². The third kappa shape index (κ3) is 2.98. The van der Waals surface area contributed by atoms with Crippen LogP contribution >= 0.6 is 11.3 Å². The van der Waals surface area contributed by atoms with Crippen molar-refractivity contribution in [2.24, 2.45) is 0 Å². The maximum Gasteiger partial charge on any atom is 0.256 e. The van der Waals surface area contributed by atoms with Gasteiger partial charge in [-0.1, -0.05) is 6.07 Å². The molecule has 1 aromatic carbocycles. The molecule has 1 amide bonds. The molecule has 3 rings (SSSR count). The van der Waals surface area contributed by atoms with Crippen LogP contribution in [0.5, 0.6) is 0 Å². The smallest absolute Gasteiger partial charge is 0.256 e. The Bertz CT molecular complexity index is 837. The van der Waals surface area contributed by atoms with E-state index in [-0.39, 0.29) is 5.91 Å². The number of carbonyl (C=O) groups excluding carboxylic acids is 1. The minimum absolute atomic E-state index is 0.185. The van der Waals surface area contributed by atoms with Gasteiger partial charge in [-0.05, 0) is 35.7 Å². The average Bonchev–Trinajstić information content (AvgIpc) is 2.98. The minimum atomic E-state index is -3.35. The van der Waals surface area contributed by atoms with Crippen molar-refractivity contribution in [3.63, 3.8) is 0 Å². The molecule has 108 valence electrons. The zero-order valence-electron chi connectivity index (χ0n) is 11.1. The molecule has 0 radical (unpaired) electrons. The molecule has 0 saturated carbocycles. The van der Waals surface area contributed by atoms with E-state index in [1.165, 1.54) is 11.3 Å². The molecule has 2 heterocycles. The molecule has 5 nitrogen and oxygen atoms in total. The Morgan fingerprint density at radius 3 is 2.76 bits per heavy atom. The van der Waals surface area contributed by atoms with Crippen LogP contribution in [0, 0.1) is 0 Å². The molecule has 2 N–H and O–H groups in total. The quantitative estimate of drug-likeness (QED) is 0.854. The second-order valence-electron chi connectivity index (χ2n) is 4.66. The van der Waals surface area contributed by atoms with Crippen molar-refractivity contribution in [3.8, 4) is 0 Å². The third-order valence-electron chi connectivity index (χ3n) is 2.94. The SMILES string of the molecule is CS(=O)(=O)Nc1ccc2c(c1)/C(=C\c1cccs1)C(=O)N2. The second kappa shape index (κ2) is 5.01. The summed E-state index contributed by atoms with van der Waals surface area (Å²) in [4.78, 5) is 13.0. The predicted octanol–water partition coefficient (Wildman–Crippen LogP) is 2.61. The Balaban J connectivity index is 2.05. The van der Waals surface area contributed by atoms with E-state index in [2.05, 4.69) is 10.0 Å². The fraction of sp³-hybridized carbons (Fsp3) is 0.0714. The molecule has 1 aliphatic rings. The van der Waals surface area contributed by atoms with E-state index in [1.807, 2.05) is 17.5 Å². The molecule has 0 unspecified atom stereocenters. The average molecular weight is 320 g/mol. The van der Waals surface area contributed by atoms with Gasteiger partial charge in [0.2, 0.25) is 10.0 Å². The molecule has 0 atom stereocenters. The summed E-state index contributed by atoms with van der Waals surface area (Å²) in [6, 6.07) is 8.80. The first kappa shape index (κ1) is 13.8. The first-order valence-corrected chi connectivity index (χ1v) is 8.88. The summed E-state index contributed by atoms with van der Waals surface area (Å²) in [6.45, 7) is 0. The van der Waals surface area contributed by atoms with Gasteiger partial charge in [-0.3, -0.25) is 9.52 Å². The van der Waals surface area contributed by atoms with Gasteiger partial charge >= 0.3 is 0 Å². The Hall–Kier alpha value is -2.12. The van der Waals surface area contributed by atoms with Crippen molar-refractivity contribution in [1.82, 2.24) is 0 Å². The van der Waals surface area contributed by atoms with Gasteiger partial charge in [0.15, 0.2) is 0 Å². The van der Waals surface area contributed by atoms with Crippen LogP contribution in [-0.4, -0.2) is 20.6 Å². The number of rotatable bonds is 3. The molecule has 0 spiro atoms. The number of amides is 1. The minimum Gasteiger partial charge on any atom is -0.321 e. The summed E-state index contributed by atoms with van der Waals surface area (Å²) in [7, 11) is -3.35. The highest BCUT2D eigenvalue weighted by Gasteiger charge is 2.24. The highest BCUT2D eigenvalue weighted by atomic mass is 32.2. The second-order valence-corrected chi connectivity index (χ2v) is 7.39. The third-order valence-corrected chi connectivity index (χ3v) is 4.36. The standard InChI is InChI=1S/C14H12N2O3S2/c1-21(18,19)16-9-4-5-13-11(7-9)12(14(17)15-13)8-10-3-2-6-20-10/h2-8,16H,1H3,(H,15,17)/b12-8+. The molecule has 7 heteroatoms. The van der Waals surface area contributed by atoms with E-state index in [0.29, 0.717) is 22.5 Å². The van der Waals surface area contributed by atoms with Crippen molar-refractivity contribution >= 4 is 50.3 Å². The van der Waals surface area contributed by atoms with Gasteiger partial charge in [0.25, 0.3) is 5.91 Å². The first-order valence-electron chi connectivity index (χ1n) is 6.11. The summed E-state index contributed by atoms with van der Waals surface area (Å²) in [5, 5.41) is 4.70. The van der Waals surface area contributed by atoms with E-state index in [0.717, 1.165) is 11.1 Å². The van der Waals surface area contributed by atoms with E-state index in [9.17, 15) is 13.2 Å². The summed E-state index contributed by atoms with van der Waals surface area (Å²) < 4.78 is 25.0. The number of benzene rings is 1. The number of hydrogen-bond acceptors (Lipinski definition) is 4.